The third-order valence-corrected chi connectivity index (χ3v) is 4.78. The van der Waals surface area contributed by atoms with E-state index >= 15 is 0 Å². The molecule has 0 N–H and O–H groups in total. The summed E-state index contributed by atoms with van der Waals surface area (Å²) in [5.74, 6) is -0.420. The molecular weight excluding hydrogens is 375 g/mol. The Morgan fingerprint density at radius 1 is 1.19 bits per heavy atom. The summed E-state index contributed by atoms with van der Waals surface area (Å²) in [7, 11) is 1.73. The van der Waals surface area contributed by atoms with Crippen molar-refractivity contribution in [3.05, 3.63) is 68.6 Å². The molecule has 3 aromatic rings. The van der Waals surface area contributed by atoms with Crippen molar-refractivity contribution in [2.75, 3.05) is 7.05 Å². The van der Waals surface area contributed by atoms with Crippen molar-refractivity contribution in [2.24, 2.45) is 0 Å². The van der Waals surface area contributed by atoms with E-state index in [1.165, 1.54) is 0 Å². The van der Waals surface area contributed by atoms with Crippen LogP contribution in [0.25, 0.3) is 11.1 Å². The molecule has 0 radical (unpaired) electrons. The maximum atomic E-state index is 12.3. The number of hydrogen-bond acceptors (Lipinski definition) is 3. The van der Waals surface area contributed by atoms with Gasteiger partial charge in [0.1, 0.15) is 0 Å². The van der Waals surface area contributed by atoms with Gasteiger partial charge in [0, 0.05) is 36.6 Å². The summed E-state index contributed by atoms with van der Waals surface area (Å²) in [6, 6.07) is 12.5. The molecule has 26 heavy (non-hydrogen) atoms. The van der Waals surface area contributed by atoms with Gasteiger partial charge in [-0.05, 0) is 36.2 Å². The van der Waals surface area contributed by atoms with Crippen LogP contribution in [0.5, 0.6) is 0 Å². The lowest BCUT2D eigenvalue weighted by Gasteiger charge is -2.18. The van der Waals surface area contributed by atoms with Gasteiger partial charge in [-0.1, -0.05) is 41.4 Å². The molecule has 1 amide bonds. The first-order valence-corrected chi connectivity index (χ1v) is 8.97. The maximum absolute atomic E-state index is 12.3. The lowest BCUT2D eigenvalue weighted by molar-refractivity contribution is -0.130. The zero-order valence-corrected chi connectivity index (χ0v) is 15.8. The number of carbonyl (C=O) groups excluding carboxylic acids is 1. The molecule has 0 saturated heterocycles. The minimum absolute atomic E-state index is 0.0168. The first-order valence-electron chi connectivity index (χ1n) is 8.22. The molecule has 1 heterocycles. The molecular formula is C19H18Cl2N2O3. The number of hydrogen-bond donors (Lipinski definition) is 0. The lowest BCUT2D eigenvalue weighted by atomic mass is 10.2. The van der Waals surface area contributed by atoms with Crippen molar-refractivity contribution in [1.82, 2.24) is 9.47 Å². The van der Waals surface area contributed by atoms with E-state index < -0.39 is 5.76 Å². The van der Waals surface area contributed by atoms with E-state index in [4.69, 9.17) is 27.6 Å². The smallest absolute Gasteiger partial charge is 0.408 e. The molecule has 7 heteroatoms. The van der Waals surface area contributed by atoms with Gasteiger partial charge in [0.05, 0.1) is 5.52 Å². The zero-order chi connectivity index (χ0) is 18.7. The number of carbonyl (C=O) groups is 1. The number of aromatic nitrogens is 1. The number of benzene rings is 2. The van der Waals surface area contributed by atoms with Crippen LogP contribution in [0.15, 0.2) is 51.7 Å². The van der Waals surface area contributed by atoms with Crippen molar-refractivity contribution in [1.29, 1.82) is 0 Å². The van der Waals surface area contributed by atoms with Crippen molar-refractivity contribution < 1.29 is 9.21 Å². The fourth-order valence-electron chi connectivity index (χ4n) is 2.80. The summed E-state index contributed by atoms with van der Waals surface area (Å²) < 4.78 is 6.75. The number of para-hydroxylation sites is 2. The molecule has 5 nitrogen and oxygen atoms in total. The van der Waals surface area contributed by atoms with Gasteiger partial charge in [-0.2, -0.15) is 0 Å². The van der Waals surface area contributed by atoms with Gasteiger partial charge in [0.2, 0.25) is 5.91 Å². The van der Waals surface area contributed by atoms with Gasteiger partial charge in [-0.3, -0.25) is 9.36 Å². The maximum Gasteiger partial charge on any atom is 0.419 e. The molecule has 0 unspecified atom stereocenters. The highest BCUT2D eigenvalue weighted by atomic mass is 35.5. The fourth-order valence-corrected chi connectivity index (χ4v) is 3.27. The second kappa shape index (κ2) is 7.98. The van der Waals surface area contributed by atoms with Crippen molar-refractivity contribution >= 4 is 40.2 Å². The van der Waals surface area contributed by atoms with E-state index in [0.717, 1.165) is 11.1 Å². The summed E-state index contributed by atoms with van der Waals surface area (Å²) in [4.78, 5) is 25.9. The Balaban J connectivity index is 1.58. The Labute approximate surface area is 160 Å². The number of amides is 1. The molecule has 0 fully saturated rings. The average Bonchev–Trinajstić information content (AvgIpc) is 2.93. The number of oxazole rings is 1. The molecule has 0 aliphatic heterocycles. The van der Waals surface area contributed by atoms with Crippen molar-refractivity contribution in [2.45, 2.75) is 25.9 Å². The van der Waals surface area contributed by atoms with Gasteiger partial charge in [0.15, 0.2) is 5.58 Å². The highest BCUT2D eigenvalue weighted by Gasteiger charge is 2.13. The van der Waals surface area contributed by atoms with Crippen molar-refractivity contribution in [3.8, 4) is 0 Å². The Kier molecular flexibility index (Phi) is 5.69. The minimum atomic E-state index is -0.403. The van der Waals surface area contributed by atoms with Crippen LogP contribution in [0.2, 0.25) is 10.0 Å². The van der Waals surface area contributed by atoms with Gasteiger partial charge >= 0.3 is 5.76 Å². The van der Waals surface area contributed by atoms with E-state index in [9.17, 15) is 9.59 Å². The number of rotatable bonds is 6. The SMILES string of the molecule is CN(Cc1ccc(Cl)cc1Cl)C(=O)CCCn1c(=O)oc2ccccc21. The molecule has 2 aromatic carbocycles. The highest BCUT2D eigenvalue weighted by molar-refractivity contribution is 6.35. The molecule has 3 rings (SSSR count). The van der Waals surface area contributed by atoms with Crippen LogP contribution in [-0.4, -0.2) is 22.4 Å². The van der Waals surface area contributed by atoms with E-state index in [2.05, 4.69) is 0 Å². The van der Waals surface area contributed by atoms with Gasteiger partial charge in [-0.25, -0.2) is 4.79 Å². The number of aryl methyl sites for hydroxylation is 1. The Bertz CT molecular complexity index is 994. The van der Waals surface area contributed by atoms with Crippen LogP contribution in [0.4, 0.5) is 0 Å². The molecule has 0 bridgehead atoms. The quantitative estimate of drug-likeness (QED) is 0.626. The first kappa shape index (κ1) is 18.5. The molecule has 136 valence electrons. The zero-order valence-electron chi connectivity index (χ0n) is 14.2. The van der Waals surface area contributed by atoms with Crippen LogP contribution >= 0.6 is 23.2 Å². The lowest BCUT2D eigenvalue weighted by Crippen LogP contribution is -2.26. The predicted molar refractivity (Wildman–Crippen MR) is 103 cm³/mol. The summed E-state index contributed by atoms with van der Waals surface area (Å²) in [5, 5.41) is 1.10. The van der Waals surface area contributed by atoms with Crippen molar-refractivity contribution in [3.63, 3.8) is 0 Å². The van der Waals surface area contributed by atoms with Gasteiger partial charge in [0.25, 0.3) is 0 Å². The number of fused-ring (bicyclic) bond motifs is 1. The molecule has 0 aliphatic carbocycles. The largest absolute Gasteiger partial charge is 0.419 e. The third-order valence-electron chi connectivity index (χ3n) is 4.19. The second-order valence-electron chi connectivity index (χ2n) is 6.08. The molecule has 0 saturated carbocycles. The van der Waals surface area contributed by atoms with Crippen LogP contribution in [0.1, 0.15) is 18.4 Å². The van der Waals surface area contributed by atoms with Crippen LogP contribution in [0.3, 0.4) is 0 Å². The summed E-state index contributed by atoms with van der Waals surface area (Å²) >= 11 is 12.0. The first-order chi connectivity index (χ1) is 12.5. The topological polar surface area (TPSA) is 55.5 Å². The molecule has 1 aromatic heterocycles. The van der Waals surface area contributed by atoms with Crippen LogP contribution < -0.4 is 5.76 Å². The number of nitrogens with zero attached hydrogens (tertiary/aromatic N) is 2. The van der Waals surface area contributed by atoms with E-state index in [1.54, 1.807) is 34.7 Å². The molecule has 0 atom stereocenters. The standard InChI is InChI=1S/C19H18Cl2N2O3/c1-22(12-13-8-9-14(20)11-15(13)21)18(24)7-4-10-23-16-5-2-3-6-17(16)26-19(23)25/h2-3,5-6,8-9,11H,4,7,10,12H2,1H3. The normalized spacial score (nSPS) is 11.0. The fraction of sp³-hybridized carbons (Fsp3) is 0.263. The third kappa shape index (κ3) is 4.11. The summed E-state index contributed by atoms with van der Waals surface area (Å²) in [5.41, 5.74) is 2.13. The van der Waals surface area contributed by atoms with E-state index in [0.29, 0.717) is 41.6 Å². The Morgan fingerprint density at radius 2 is 1.96 bits per heavy atom. The molecule has 0 spiro atoms. The van der Waals surface area contributed by atoms with E-state index in [-0.39, 0.29) is 5.91 Å². The second-order valence-corrected chi connectivity index (χ2v) is 6.92. The average molecular weight is 393 g/mol. The number of halogens is 2. The Morgan fingerprint density at radius 3 is 2.73 bits per heavy atom. The monoisotopic (exact) mass is 392 g/mol. The predicted octanol–water partition coefficient (Wildman–Crippen LogP) is 4.34. The van der Waals surface area contributed by atoms with Crippen LogP contribution in [-0.2, 0) is 17.9 Å². The highest BCUT2D eigenvalue weighted by Crippen LogP contribution is 2.22. The van der Waals surface area contributed by atoms with Gasteiger partial charge < -0.3 is 9.32 Å². The summed E-state index contributed by atoms with van der Waals surface area (Å²) in [6.07, 6.45) is 0.870. The van der Waals surface area contributed by atoms with Gasteiger partial charge in [-0.15, -0.1) is 0 Å². The Hall–Kier alpha value is -2.24. The van der Waals surface area contributed by atoms with Crippen LogP contribution in [0, 0.1) is 0 Å². The molecule has 0 aliphatic rings. The van der Waals surface area contributed by atoms with E-state index in [1.807, 2.05) is 24.3 Å². The summed E-state index contributed by atoms with van der Waals surface area (Å²) in [6.45, 7) is 0.834. The minimum Gasteiger partial charge on any atom is -0.408 e.